The van der Waals surface area contributed by atoms with Gasteiger partial charge in [-0.25, -0.2) is 15.0 Å². The van der Waals surface area contributed by atoms with Gasteiger partial charge in [-0.1, -0.05) is 140 Å². The first kappa shape index (κ1) is 31.7. The van der Waals surface area contributed by atoms with Gasteiger partial charge < -0.3 is 13.3 Å². The number of hydrogen-bond donors (Lipinski definition) is 0. The molecule has 6 nitrogen and oxygen atoms in total. The predicted molar refractivity (Wildman–Crippen MR) is 228 cm³/mol. The second-order valence-electron chi connectivity index (χ2n) is 14.6. The maximum absolute atomic E-state index is 6.85. The third kappa shape index (κ3) is 5.07. The average molecular weight is 734 g/mol. The van der Waals surface area contributed by atoms with Crippen LogP contribution in [0.1, 0.15) is 23.6 Å². The Kier molecular flexibility index (Phi) is 6.95. The normalized spacial score (nSPS) is 12.9. The first-order valence-corrected chi connectivity index (χ1v) is 19.2. The van der Waals surface area contributed by atoms with Crippen molar-refractivity contribution in [2.45, 2.75) is 12.8 Å². The summed E-state index contributed by atoms with van der Waals surface area (Å²) in [4.78, 5) is 15.5. The van der Waals surface area contributed by atoms with E-state index in [-0.39, 0.29) is 0 Å². The Morgan fingerprint density at radius 3 is 1.74 bits per heavy atom. The minimum absolute atomic E-state index is 0.572. The summed E-state index contributed by atoms with van der Waals surface area (Å²) in [6.07, 6.45) is 3.81. The van der Waals surface area contributed by atoms with Crippen molar-refractivity contribution in [1.29, 1.82) is 0 Å². The van der Waals surface area contributed by atoms with Crippen LogP contribution < -0.4 is 0 Å². The lowest BCUT2D eigenvalue weighted by atomic mass is 9.92. The Balaban J connectivity index is 1.03. The zero-order valence-corrected chi connectivity index (χ0v) is 30.6. The highest BCUT2D eigenvalue weighted by Gasteiger charge is 2.27. The lowest BCUT2D eigenvalue weighted by Crippen LogP contribution is -2.06. The summed E-state index contributed by atoms with van der Waals surface area (Å²) in [7, 11) is 0. The molecule has 7 aromatic carbocycles. The van der Waals surface area contributed by atoms with Gasteiger partial charge in [0.25, 0.3) is 0 Å². The Morgan fingerprint density at radius 2 is 0.947 bits per heavy atom. The zero-order chi connectivity index (χ0) is 37.5. The minimum atomic E-state index is 0.572. The maximum atomic E-state index is 6.85. The molecule has 11 aromatic rings. The largest absolute Gasteiger partial charge is 0.460 e. The number of fused-ring (bicyclic) bond motifs is 9. The van der Waals surface area contributed by atoms with E-state index in [4.69, 9.17) is 28.2 Å². The number of aromatic nitrogens is 3. The highest BCUT2D eigenvalue weighted by Crippen LogP contribution is 2.44. The van der Waals surface area contributed by atoms with Crippen LogP contribution in [0, 0.1) is 0 Å². The number of para-hydroxylation sites is 4. The molecule has 0 N–H and O–H groups in total. The molecular weight excluding hydrogens is 703 g/mol. The molecular formula is C51H31N3O3. The lowest BCUT2D eigenvalue weighted by molar-refractivity contribution is 0.546. The van der Waals surface area contributed by atoms with Crippen molar-refractivity contribution in [3.8, 4) is 45.0 Å². The Morgan fingerprint density at radius 1 is 0.386 bits per heavy atom. The molecule has 6 heteroatoms. The molecule has 0 spiro atoms. The summed E-state index contributed by atoms with van der Waals surface area (Å²) < 4.78 is 19.6. The molecule has 4 aromatic heterocycles. The van der Waals surface area contributed by atoms with Crippen LogP contribution in [-0.4, -0.2) is 15.0 Å². The fraction of sp³-hybridized carbons (Fsp3) is 0.0392. The second kappa shape index (κ2) is 12.5. The topological polar surface area (TPSA) is 78.1 Å². The van der Waals surface area contributed by atoms with Gasteiger partial charge in [-0.05, 0) is 41.8 Å². The van der Waals surface area contributed by atoms with Crippen molar-refractivity contribution in [3.05, 3.63) is 181 Å². The molecule has 0 atom stereocenters. The number of benzene rings is 7. The number of furan rings is 3. The highest BCUT2D eigenvalue weighted by atomic mass is 16.3. The molecule has 268 valence electrons. The standard InChI is InChI=1S/C51H31N3O3/c1-2-11-30(12-3-1)31-23-25-32(26-24-31)49-52-50(33-27-28-36-34-13-4-6-20-42(34)55-45(36)29-33)54-51(53-49)41-19-10-22-44-46(41)40-18-9-17-39(48(40)57-44)38-16-8-15-37-35-14-5-7-21-43(35)56-47(37)38/h1-9,11-21,23-29H,10,22H2. The molecule has 57 heavy (non-hydrogen) atoms. The highest BCUT2D eigenvalue weighted by molar-refractivity contribution is 6.12. The third-order valence-electron chi connectivity index (χ3n) is 11.2. The maximum Gasteiger partial charge on any atom is 0.164 e. The van der Waals surface area contributed by atoms with Crippen molar-refractivity contribution in [2.75, 3.05) is 0 Å². The van der Waals surface area contributed by atoms with Gasteiger partial charge in [-0.2, -0.15) is 0 Å². The number of nitrogens with zero attached hydrogens (tertiary/aromatic N) is 3. The van der Waals surface area contributed by atoms with Crippen molar-refractivity contribution in [1.82, 2.24) is 15.0 Å². The molecule has 0 radical (unpaired) electrons. The Bertz CT molecular complexity index is 3410. The lowest BCUT2D eigenvalue weighted by Gasteiger charge is -2.14. The van der Waals surface area contributed by atoms with Gasteiger partial charge in [0.2, 0.25) is 0 Å². The molecule has 0 saturated carbocycles. The van der Waals surface area contributed by atoms with E-state index in [2.05, 4.69) is 115 Å². The van der Waals surface area contributed by atoms with Gasteiger partial charge in [0.15, 0.2) is 17.5 Å². The molecule has 0 saturated heterocycles. The summed E-state index contributed by atoms with van der Waals surface area (Å²) in [6, 6.07) is 54.0. The van der Waals surface area contributed by atoms with Gasteiger partial charge in [-0.3, -0.25) is 0 Å². The summed E-state index contributed by atoms with van der Waals surface area (Å²) in [6.45, 7) is 0. The Labute approximate surface area is 326 Å². The molecule has 4 heterocycles. The zero-order valence-electron chi connectivity index (χ0n) is 30.6. The number of rotatable bonds is 5. The van der Waals surface area contributed by atoms with Crippen LogP contribution in [0.15, 0.2) is 177 Å². The molecule has 12 rings (SSSR count). The van der Waals surface area contributed by atoms with Crippen LogP contribution in [0.5, 0.6) is 0 Å². The van der Waals surface area contributed by atoms with Crippen LogP contribution in [0.4, 0.5) is 0 Å². The number of hydrogen-bond acceptors (Lipinski definition) is 6. The average Bonchev–Trinajstić information content (AvgIpc) is 3.98. The second-order valence-corrected chi connectivity index (χ2v) is 14.6. The summed E-state index contributed by atoms with van der Waals surface area (Å²) in [5.41, 5.74) is 12.1. The van der Waals surface area contributed by atoms with E-state index in [9.17, 15) is 0 Å². The van der Waals surface area contributed by atoms with Crippen LogP contribution >= 0.6 is 0 Å². The summed E-state index contributed by atoms with van der Waals surface area (Å²) in [5, 5.41) is 5.33. The van der Waals surface area contributed by atoms with E-state index in [1.165, 1.54) is 0 Å². The fourth-order valence-corrected chi connectivity index (χ4v) is 8.53. The first-order valence-electron chi connectivity index (χ1n) is 19.2. The smallest absolute Gasteiger partial charge is 0.164 e. The molecule has 0 bridgehead atoms. The molecule has 1 aliphatic rings. The van der Waals surface area contributed by atoms with Crippen LogP contribution in [0.3, 0.4) is 0 Å². The third-order valence-corrected chi connectivity index (χ3v) is 11.2. The quantitative estimate of drug-likeness (QED) is 0.175. The van der Waals surface area contributed by atoms with Gasteiger partial charge in [0.1, 0.15) is 33.7 Å². The minimum Gasteiger partial charge on any atom is -0.460 e. The van der Waals surface area contributed by atoms with Gasteiger partial charge >= 0.3 is 0 Å². The van der Waals surface area contributed by atoms with E-state index in [1.54, 1.807) is 0 Å². The molecule has 0 aliphatic heterocycles. The summed E-state index contributed by atoms with van der Waals surface area (Å²) in [5.74, 6) is 2.69. The van der Waals surface area contributed by atoms with Crippen LogP contribution in [0.25, 0.3) is 105 Å². The van der Waals surface area contributed by atoms with E-state index in [0.717, 1.165) is 118 Å². The van der Waals surface area contributed by atoms with Gasteiger partial charge in [0.05, 0.1) is 0 Å². The van der Waals surface area contributed by atoms with E-state index in [1.807, 2.05) is 48.5 Å². The monoisotopic (exact) mass is 733 g/mol. The van der Waals surface area contributed by atoms with Crippen molar-refractivity contribution < 1.29 is 13.3 Å². The van der Waals surface area contributed by atoms with E-state index < -0.39 is 0 Å². The fourth-order valence-electron chi connectivity index (χ4n) is 8.53. The number of aryl methyl sites for hydroxylation is 1. The van der Waals surface area contributed by atoms with Crippen LogP contribution in [0.2, 0.25) is 0 Å². The summed E-state index contributed by atoms with van der Waals surface area (Å²) >= 11 is 0. The number of allylic oxidation sites excluding steroid dienone is 1. The van der Waals surface area contributed by atoms with Crippen molar-refractivity contribution >= 4 is 60.4 Å². The van der Waals surface area contributed by atoms with Gasteiger partial charge in [-0.15, -0.1) is 0 Å². The van der Waals surface area contributed by atoms with Crippen molar-refractivity contribution in [3.63, 3.8) is 0 Å². The van der Waals surface area contributed by atoms with E-state index >= 15 is 0 Å². The first-order chi connectivity index (χ1) is 28.2. The molecule has 0 fully saturated rings. The van der Waals surface area contributed by atoms with Gasteiger partial charge in [0, 0.05) is 66.7 Å². The Hall–Kier alpha value is -7.57. The molecule has 0 unspecified atom stereocenters. The molecule has 1 aliphatic carbocycles. The van der Waals surface area contributed by atoms with Crippen molar-refractivity contribution in [2.24, 2.45) is 0 Å². The molecule has 0 amide bonds. The predicted octanol–water partition coefficient (Wildman–Crippen LogP) is 13.5. The van der Waals surface area contributed by atoms with E-state index in [0.29, 0.717) is 17.5 Å². The SMILES string of the molecule is C1=C(c2nc(-c3ccc(-c4ccccc4)cc3)nc(-c3ccc4c(c3)oc3ccccc34)n2)c2c(oc3c(-c4cccc5c4oc4ccccc45)cccc23)CC1. The van der Waals surface area contributed by atoms with Crippen LogP contribution in [-0.2, 0) is 6.42 Å².